The van der Waals surface area contributed by atoms with Crippen LogP contribution in [-0.4, -0.2) is 45.4 Å². The summed E-state index contributed by atoms with van der Waals surface area (Å²) in [4.78, 5) is 13.6. The molecule has 0 spiro atoms. The zero-order valence-corrected chi connectivity index (χ0v) is 17.8. The number of amides is 1. The third-order valence-corrected chi connectivity index (χ3v) is 8.28. The van der Waals surface area contributed by atoms with Crippen molar-refractivity contribution in [2.24, 2.45) is 5.92 Å². The lowest BCUT2D eigenvalue weighted by Gasteiger charge is -2.30. The molecule has 1 aliphatic heterocycles. The van der Waals surface area contributed by atoms with Gasteiger partial charge in [-0.1, -0.05) is 18.2 Å². The summed E-state index contributed by atoms with van der Waals surface area (Å²) in [5, 5.41) is 2.95. The second-order valence-corrected chi connectivity index (χ2v) is 10.4. The van der Waals surface area contributed by atoms with Crippen molar-refractivity contribution in [2.75, 3.05) is 26.7 Å². The lowest BCUT2D eigenvalue weighted by molar-refractivity contribution is -0.126. The Hall–Kier alpha value is -1.90. The van der Waals surface area contributed by atoms with E-state index in [1.807, 2.05) is 37.3 Å². The summed E-state index contributed by atoms with van der Waals surface area (Å²) in [5.41, 5.74) is 1.03. The van der Waals surface area contributed by atoms with Crippen molar-refractivity contribution in [3.8, 4) is 5.75 Å². The van der Waals surface area contributed by atoms with E-state index in [0.29, 0.717) is 36.6 Å². The van der Waals surface area contributed by atoms with E-state index in [-0.39, 0.29) is 18.4 Å². The van der Waals surface area contributed by atoms with Gasteiger partial charge < -0.3 is 10.1 Å². The third-order valence-electron chi connectivity index (χ3n) is 4.95. The Morgan fingerprint density at radius 2 is 2.07 bits per heavy atom. The van der Waals surface area contributed by atoms with Gasteiger partial charge in [-0.15, -0.1) is 11.3 Å². The number of thiophene rings is 1. The van der Waals surface area contributed by atoms with Gasteiger partial charge in [-0.25, -0.2) is 8.42 Å². The fourth-order valence-corrected chi connectivity index (χ4v) is 6.39. The summed E-state index contributed by atoms with van der Waals surface area (Å²) >= 11 is 1.27. The predicted octanol–water partition coefficient (Wildman–Crippen LogP) is 2.82. The number of carbonyl (C=O) groups is 1. The maximum atomic E-state index is 12.8. The molecule has 6 nitrogen and oxygen atoms in total. The normalized spacial score (nSPS) is 18.0. The molecule has 2 heterocycles. The Balaban J connectivity index is 1.57. The second kappa shape index (κ2) is 9.07. The quantitative estimate of drug-likeness (QED) is 0.744. The summed E-state index contributed by atoms with van der Waals surface area (Å²) in [6.07, 6.45) is 2.06. The van der Waals surface area contributed by atoms with Gasteiger partial charge in [0.05, 0.1) is 13.0 Å². The number of rotatable bonds is 7. The number of carbonyl (C=O) groups excluding carboxylic acids is 1. The van der Waals surface area contributed by atoms with Crippen LogP contribution in [0.2, 0.25) is 0 Å². The van der Waals surface area contributed by atoms with Crippen LogP contribution in [0, 0.1) is 12.8 Å². The minimum Gasteiger partial charge on any atom is -0.496 e. The average molecular weight is 423 g/mol. The Morgan fingerprint density at radius 1 is 1.29 bits per heavy atom. The SMILES string of the molecule is COc1ccccc1CCNC(=O)C1CCCN(S(=O)(=O)c2ccc(C)s2)C1. The molecule has 1 atom stereocenters. The number of nitrogens with one attached hydrogen (secondary N) is 1. The molecule has 0 bridgehead atoms. The van der Waals surface area contributed by atoms with Gasteiger partial charge >= 0.3 is 0 Å². The summed E-state index contributed by atoms with van der Waals surface area (Å²) < 4.78 is 32.8. The highest BCUT2D eigenvalue weighted by Crippen LogP contribution is 2.28. The largest absolute Gasteiger partial charge is 0.496 e. The Kier molecular flexibility index (Phi) is 6.74. The molecule has 3 rings (SSSR count). The molecule has 1 aliphatic rings. The first-order valence-corrected chi connectivity index (χ1v) is 11.6. The van der Waals surface area contributed by atoms with Gasteiger partial charge in [-0.3, -0.25) is 4.79 Å². The van der Waals surface area contributed by atoms with Gasteiger partial charge in [0.15, 0.2) is 0 Å². The molecule has 1 aromatic heterocycles. The van der Waals surface area contributed by atoms with Crippen LogP contribution in [0.5, 0.6) is 5.75 Å². The summed E-state index contributed by atoms with van der Waals surface area (Å²) in [7, 11) is -1.90. The number of hydrogen-bond acceptors (Lipinski definition) is 5. The van der Waals surface area contributed by atoms with Crippen LogP contribution in [0.25, 0.3) is 0 Å². The molecule has 0 aliphatic carbocycles. The van der Waals surface area contributed by atoms with E-state index >= 15 is 0 Å². The minimum absolute atomic E-state index is 0.0860. The molecule has 152 valence electrons. The van der Waals surface area contributed by atoms with E-state index < -0.39 is 10.0 Å². The van der Waals surface area contributed by atoms with Crippen LogP contribution in [-0.2, 0) is 21.2 Å². The van der Waals surface area contributed by atoms with Crippen LogP contribution in [0.15, 0.2) is 40.6 Å². The molecule has 28 heavy (non-hydrogen) atoms. The van der Waals surface area contributed by atoms with E-state index in [2.05, 4.69) is 5.32 Å². The Morgan fingerprint density at radius 3 is 2.79 bits per heavy atom. The zero-order chi connectivity index (χ0) is 20.1. The molecular weight excluding hydrogens is 396 g/mol. The smallest absolute Gasteiger partial charge is 0.252 e. The van der Waals surface area contributed by atoms with Crippen molar-refractivity contribution in [2.45, 2.75) is 30.4 Å². The molecule has 1 unspecified atom stereocenters. The fraction of sp³-hybridized carbons (Fsp3) is 0.450. The number of aryl methyl sites for hydroxylation is 1. The molecule has 1 aromatic carbocycles. The minimum atomic E-state index is -3.52. The molecule has 1 fully saturated rings. The predicted molar refractivity (Wildman–Crippen MR) is 110 cm³/mol. The van der Waals surface area contributed by atoms with Crippen molar-refractivity contribution in [3.05, 3.63) is 46.8 Å². The number of methoxy groups -OCH3 is 1. The highest BCUT2D eigenvalue weighted by atomic mass is 32.2. The zero-order valence-electron chi connectivity index (χ0n) is 16.2. The van der Waals surface area contributed by atoms with Gasteiger partial charge in [-0.05, 0) is 49.9 Å². The van der Waals surface area contributed by atoms with Gasteiger partial charge in [0.2, 0.25) is 5.91 Å². The van der Waals surface area contributed by atoms with Crippen LogP contribution < -0.4 is 10.1 Å². The number of nitrogens with zero attached hydrogens (tertiary/aromatic N) is 1. The van der Waals surface area contributed by atoms with E-state index in [1.165, 1.54) is 15.6 Å². The molecule has 0 radical (unpaired) electrons. The number of ether oxygens (including phenoxy) is 1. The molecule has 1 N–H and O–H groups in total. The van der Waals surface area contributed by atoms with Crippen molar-refractivity contribution in [3.63, 3.8) is 0 Å². The van der Waals surface area contributed by atoms with Crippen LogP contribution in [0.3, 0.4) is 0 Å². The fourth-order valence-electron chi connectivity index (χ4n) is 3.43. The number of benzene rings is 1. The number of hydrogen-bond donors (Lipinski definition) is 1. The van der Waals surface area contributed by atoms with E-state index in [4.69, 9.17) is 4.74 Å². The Labute approximate surface area is 170 Å². The van der Waals surface area contributed by atoms with Crippen molar-refractivity contribution in [1.29, 1.82) is 0 Å². The third kappa shape index (κ3) is 4.74. The van der Waals surface area contributed by atoms with Crippen LogP contribution in [0.4, 0.5) is 0 Å². The molecule has 8 heteroatoms. The molecule has 0 saturated carbocycles. The van der Waals surface area contributed by atoms with E-state index in [0.717, 1.165) is 16.2 Å². The Bertz CT molecular complexity index is 924. The number of piperidine rings is 1. The monoisotopic (exact) mass is 422 g/mol. The summed E-state index contributed by atoms with van der Waals surface area (Å²) in [6.45, 7) is 3.08. The van der Waals surface area contributed by atoms with Gasteiger partial charge in [0.25, 0.3) is 10.0 Å². The van der Waals surface area contributed by atoms with Gasteiger partial charge in [0, 0.05) is 24.5 Å². The van der Waals surface area contributed by atoms with Crippen molar-refractivity contribution in [1.82, 2.24) is 9.62 Å². The number of sulfonamides is 1. The molecular formula is C20H26N2O4S2. The topological polar surface area (TPSA) is 75.7 Å². The van der Waals surface area contributed by atoms with Crippen LogP contribution in [0.1, 0.15) is 23.3 Å². The molecule has 1 amide bonds. The molecule has 1 saturated heterocycles. The first-order chi connectivity index (χ1) is 13.4. The van der Waals surface area contributed by atoms with Gasteiger partial charge in [0.1, 0.15) is 9.96 Å². The second-order valence-electron chi connectivity index (χ2n) is 6.92. The summed E-state index contributed by atoms with van der Waals surface area (Å²) in [5.74, 6) is 0.400. The average Bonchev–Trinajstić information content (AvgIpc) is 3.15. The first kappa shape index (κ1) is 20.8. The van der Waals surface area contributed by atoms with Crippen molar-refractivity contribution < 1.29 is 17.9 Å². The van der Waals surface area contributed by atoms with E-state index in [9.17, 15) is 13.2 Å². The number of para-hydroxylation sites is 1. The highest BCUT2D eigenvalue weighted by molar-refractivity contribution is 7.91. The maximum absolute atomic E-state index is 12.8. The standard InChI is InChI=1S/C20H26N2O4S2/c1-15-9-10-19(27-15)28(24,25)22-13-5-7-17(14-22)20(23)21-12-11-16-6-3-4-8-18(16)26-2/h3-4,6,8-10,17H,5,7,11-14H2,1-2H3,(H,21,23). The summed E-state index contributed by atoms with van der Waals surface area (Å²) in [6, 6.07) is 11.2. The van der Waals surface area contributed by atoms with Crippen molar-refractivity contribution >= 4 is 27.3 Å². The molecule has 2 aromatic rings. The lowest BCUT2D eigenvalue weighted by Crippen LogP contribution is -2.45. The maximum Gasteiger partial charge on any atom is 0.252 e. The van der Waals surface area contributed by atoms with Gasteiger partial charge in [-0.2, -0.15) is 4.31 Å². The highest BCUT2D eigenvalue weighted by Gasteiger charge is 2.33. The first-order valence-electron chi connectivity index (χ1n) is 9.38. The lowest BCUT2D eigenvalue weighted by atomic mass is 9.98. The van der Waals surface area contributed by atoms with E-state index in [1.54, 1.807) is 13.2 Å². The van der Waals surface area contributed by atoms with Crippen LogP contribution >= 0.6 is 11.3 Å².